The number of esters is 1. The molecule has 120 valence electrons. The van der Waals surface area contributed by atoms with Gasteiger partial charge in [0.05, 0.1) is 0 Å². The van der Waals surface area contributed by atoms with Crippen molar-refractivity contribution >= 4 is 23.3 Å². The summed E-state index contributed by atoms with van der Waals surface area (Å²) in [5.41, 5.74) is 1.46. The Morgan fingerprint density at radius 2 is 1.78 bits per heavy atom. The first kappa shape index (κ1) is 16.5. The number of hydrogen-bond acceptors (Lipinski definition) is 4. The van der Waals surface area contributed by atoms with Gasteiger partial charge in [-0.25, -0.2) is 4.79 Å². The number of rotatable bonds is 5. The highest BCUT2D eigenvalue weighted by atomic mass is 16.5. The summed E-state index contributed by atoms with van der Waals surface area (Å²) in [6.45, 7) is 2.97. The number of Topliss-reactive ketones (excluding diaryl/α,β-unsaturated/α-hetero) is 1. The standard InChI is InChI=1S/C17H18N2O4/c1-11(20)13-6-8-14(9-7-13)18-16(21)12(2)23-17(22)15-5-4-10-19(15)3/h4-10,12H,1-3H3,(H,18,21). The minimum Gasteiger partial charge on any atom is -0.448 e. The van der Waals surface area contributed by atoms with Crippen LogP contribution in [0.15, 0.2) is 42.6 Å². The van der Waals surface area contributed by atoms with E-state index in [-0.39, 0.29) is 5.78 Å². The molecule has 0 aliphatic rings. The molecule has 23 heavy (non-hydrogen) atoms. The average Bonchev–Trinajstić information content (AvgIpc) is 2.93. The number of aryl methyl sites for hydroxylation is 1. The molecule has 6 heteroatoms. The summed E-state index contributed by atoms with van der Waals surface area (Å²) >= 11 is 0. The average molecular weight is 314 g/mol. The van der Waals surface area contributed by atoms with Gasteiger partial charge in [0.2, 0.25) is 0 Å². The molecule has 0 spiro atoms. The number of carbonyl (C=O) groups excluding carboxylic acids is 3. The third-order valence-corrected chi connectivity index (χ3v) is 3.36. The van der Waals surface area contributed by atoms with Gasteiger partial charge in [0.1, 0.15) is 5.69 Å². The summed E-state index contributed by atoms with van der Waals surface area (Å²) in [4.78, 5) is 35.2. The predicted molar refractivity (Wildman–Crippen MR) is 85.4 cm³/mol. The molecule has 1 aromatic heterocycles. The topological polar surface area (TPSA) is 77.4 Å². The molecule has 1 atom stereocenters. The van der Waals surface area contributed by atoms with E-state index in [4.69, 9.17) is 4.74 Å². The van der Waals surface area contributed by atoms with Gasteiger partial charge in [-0.2, -0.15) is 0 Å². The van der Waals surface area contributed by atoms with Crippen molar-refractivity contribution in [2.24, 2.45) is 7.05 Å². The van der Waals surface area contributed by atoms with Crippen molar-refractivity contribution in [3.05, 3.63) is 53.9 Å². The van der Waals surface area contributed by atoms with E-state index in [2.05, 4.69) is 5.32 Å². The number of ether oxygens (including phenoxy) is 1. The van der Waals surface area contributed by atoms with Crippen molar-refractivity contribution in [2.75, 3.05) is 5.32 Å². The summed E-state index contributed by atoms with van der Waals surface area (Å²) in [7, 11) is 1.72. The largest absolute Gasteiger partial charge is 0.448 e. The van der Waals surface area contributed by atoms with E-state index < -0.39 is 18.0 Å². The van der Waals surface area contributed by atoms with Crippen LogP contribution in [0, 0.1) is 0 Å². The Hall–Kier alpha value is -2.89. The SMILES string of the molecule is CC(=O)c1ccc(NC(=O)C(C)OC(=O)c2cccn2C)cc1. The van der Waals surface area contributed by atoms with E-state index >= 15 is 0 Å². The predicted octanol–water partition coefficient (Wildman–Crippen LogP) is 2.41. The van der Waals surface area contributed by atoms with Gasteiger partial charge in [-0.3, -0.25) is 9.59 Å². The van der Waals surface area contributed by atoms with Crippen molar-refractivity contribution in [2.45, 2.75) is 20.0 Å². The highest BCUT2D eigenvalue weighted by Gasteiger charge is 2.20. The van der Waals surface area contributed by atoms with Crippen molar-refractivity contribution in [1.82, 2.24) is 4.57 Å². The second kappa shape index (κ2) is 6.91. The fourth-order valence-corrected chi connectivity index (χ4v) is 1.98. The van der Waals surface area contributed by atoms with Crippen LogP contribution in [0.25, 0.3) is 0 Å². The summed E-state index contributed by atoms with van der Waals surface area (Å²) in [5.74, 6) is -1.05. The molecule has 1 amide bonds. The third-order valence-electron chi connectivity index (χ3n) is 3.36. The van der Waals surface area contributed by atoms with E-state index in [1.54, 1.807) is 54.2 Å². The van der Waals surface area contributed by atoms with Crippen molar-refractivity contribution in [3.8, 4) is 0 Å². The summed E-state index contributed by atoms with van der Waals surface area (Å²) in [6.07, 6.45) is 0.780. The number of amides is 1. The number of carbonyl (C=O) groups is 3. The molecular weight excluding hydrogens is 296 g/mol. The van der Waals surface area contributed by atoms with E-state index in [0.29, 0.717) is 16.9 Å². The number of benzene rings is 1. The lowest BCUT2D eigenvalue weighted by atomic mass is 10.1. The van der Waals surface area contributed by atoms with Crippen LogP contribution >= 0.6 is 0 Å². The molecule has 1 heterocycles. The number of anilines is 1. The van der Waals surface area contributed by atoms with Crippen LogP contribution < -0.4 is 5.32 Å². The van der Waals surface area contributed by atoms with E-state index in [1.807, 2.05) is 0 Å². The van der Waals surface area contributed by atoms with Gasteiger partial charge >= 0.3 is 5.97 Å². The first-order chi connectivity index (χ1) is 10.9. The molecule has 1 unspecified atom stereocenters. The zero-order valence-electron chi connectivity index (χ0n) is 13.2. The molecule has 6 nitrogen and oxygen atoms in total. The molecule has 2 rings (SSSR count). The van der Waals surface area contributed by atoms with Gasteiger partial charge in [-0.15, -0.1) is 0 Å². The number of nitrogens with one attached hydrogen (secondary N) is 1. The Labute approximate surface area is 134 Å². The van der Waals surface area contributed by atoms with Crippen molar-refractivity contribution in [3.63, 3.8) is 0 Å². The van der Waals surface area contributed by atoms with Crippen LogP contribution in [-0.2, 0) is 16.6 Å². The van der Waals surface area contributed by atoms with Gasteiger partial charge < -0.3 is 14.6 Å². The van der Waals surface area contributed by atoms with Gasteiger partial charge in [0, 0.05) is 24.5 Å². The lowest BCUT2D eigenvalue weighted by molar-refractivity contribution is -0.123. The van der Waals surface area contributed by atoms with E-state index in [1.165, 1.54) is 13.8 Å². The van der Waals surface area contributed by atoms with Crippen molar-refractivity contribution < 1.29 is 19.1 Å². The molecule has 0 saturated carbocycles. The minimum atomic E-state index is -0.940. The zero-order valence-corrected chi connectivity index (χ0v) is 13.2. The Morgan fingerprint density at radius 3 is 2.30 bits per heavy atom. The van der Waals surface area contributed by atoms with Crippen LogP contribution in [-0.4, -0.2) is 28.3 Å². The molecule has 1 N–H and O–H groups in total. The second-order valence-electron chi connectivity index (χ2n) is 5.17. The van der Waals surface area contributed by atoms with Crippen LogP contribution in [0.4, 0.5) is 5.69 Å². The lowest BCUT2D eigenvalue weighted by Crippen LogP contribution is -2.30. The Balaban J connectivity index is 1.96. The molecule has 0 aliphatic carbocycles. The fraction of sp³-hybridized carbons (Fsp3) is 0.235. The van der Waals surface area contributed by atoms with Gasteiger partial charge in [-0.1, -0.05) is 0 Å². The number of ketones is 1. The van der Waals surface area contributed by atoms with Crippen LogP contribution in [0.5, 0.6) is 0 Å². The lowest BCUT2D eigenvalue weighted by Gasteiger charge is -2.14. The molecule has 0 fully saturated rings. The quantitative estimate of drug-likeness (QED) is 0.679. The molecule has 0 bridgehead atoms. The Kier molecular flexibility index (Phi) is 4.95. The number of nitrogens with zero attached hydrogens (tertiary/aromatic N) is 1. The van der Waals surface area contributed by atoms with Gasteiger partial charge in [0.25, 0.3) is 5.91 Å². The van der Waals surface area contributed by atoms with Crippen LogP contribution in [0.2, 0.25) is 0 Å². The third kappa shape index (κ3) is 4.06. The first-order valence-electron chi connectivity index (χ1n) is 7.12. The fourth-order valence-electron chi connectivity index (χ4n) is 1.98. The Bertz CT molecular complexity index is 731. The molecule has 0 radical (unpaired) electrons. The minimum absolute atomic E-state index is 0.0484. The molecule has 0 saturated heterocycles. The molecule has 2 aromatic rings. The first-order valence-corrected chi connectivity index (χ1v) is 7.12. The maximum atomic E-state index is 12.1. The zero-order chi connectivity index (χ0) is 17.0. The maximum absolute atomic E-state index is 12.1. The molecule has 1 aromatic carbocycles. The smallest absolute Gasteiger partial charge is 0.355 e. The normalized spacial score (nSPS) is 11.6. The van der Waals surface area contributed by atoms with Crippen LogP contribution in [0.1, 0.15) is 34.7 Å². The van der Waals surface area contributed by atoms with E-state index in [0.717, 1.165) is 0 Å². The summed E-state index contributed by atoms with van der Waals surface area (Å²) < 4.78 is 6.76. The van der Waals surface area contributed by atoms with Gasteiger partial charge in [0.15, 0.2) is 11.9 Å². The monoisotopic (exact) mass is 314 g/mol. The highest BCUT2D eigenvalue weighted by Crippen LogP contribution is 2.12. The second-order valence-corrected chi connectivity index (χ2v) is 5.17. The maximum Gasteiger partial charge on any atom is 0.355 e. The van der Waals surface area contributed by atoms with E-state index in [9.17, 15) is 14.4 Å². The Morgan fingerprint density at radius 1 is 1.13 bits per heavy atom. The summed E-state index contributed by atoms with van der Waals surface area (Å²) in [6, 6.07) is 9.84. The molecular formula is C17H18N2O4. The number of hydrogen-bond donors (Lipinski definition) is 1. The number of aromatic nitrogens is 1. The summed E-state index contributed by atoms with van der Waals surface area (Å²) in [5, 5.41) is 2.64. The van der Waals surface area contributed by atoms with Crippen molar-refractivity contribution in [1.29, 1.82) is 0 Å². The van der Waals surface area contributed by atoms with Crippen LogP contribution in [0.3, 0.4) is 0 Å². The molecule has 0 aliphatic heterocycles. The highest BCUT2D eigenvalue weighted by molar-refractivity contribution is 5.98. The van der Waals surface area contributed by atoms with Gasteiger partial charge in [-0.05, 0) is 50.2 Å².